The molecule has 0 aromatic rings. The molecule has 4 heteroatoms. The maximum Gasteiger partial charge on any atom is 0.217 e. The van der Waals surface area contributed by atoms with Crippen LogP contribution in [0.25, 0.3) is 0 Å². The Morgan fingerprint density at radius 3 is 2.08 bits per heavy atom. The van der Waals surface area contributed by atoms with Crippen LogP contribution in [0.15, 0.2) is 0 Å². The van der Waals surface area contributed by atoms with Crippen molar-refractivity contribution < 1.29 is 19.1 Å². The molecule has 0 aromatic carbocycles. The van der Waals surface area contributed by atoms with Crippen molar-refractivity contribution in [1.82, 2.24) is 0 Å². The predicted octanol–water partition coefficient (Wildman–Crippen LogP) is 0.544. The normalized spacial score (nSPS) is 10.3. The van der Waals surface area contributed by atoms with Crippen LogP contribution in [0.2, 0.25) is 0 Å². The summed E-state index contributed by atoms with van der Waals surface area (Å²) in [5, 5.41) is 0. The van der Waals surface area contributed by atoms with Crippen molar-refractivity contribution >= 4 is 11.6 Å². The summed E-state index contributed by atoms with van der Waals surface area (Å²) in [4.78, 5) is 21.9. The maximum absolute atomic E-state index is 11.1. The SMILES string of the molecule is CCC(=O)CC(=O)C(OC)OC. The molecule has 0 aromatic heterocycles. The molecular formula is C8H14O4. The van der Waals surface area contributed by atoms with E-state index in [1.807, 2.05) is 0 Å². The summed E-state index contributed by atoms with van der Waals surface area (Å²) in [5.74, 6) is -0.425. The van der Waals surface area contributed by atoms with Gasteiger partial charge in [0.05, 0.1) is 6.42 Å². The third kappa shape index (κ3) is 3.59. The van der Waals surface area contributed by atoms with Gasteiger partial charge >= 0.3 is 0 Å². The molecule has 0 saturated carbocycles. The number of ketones is 2. The Morgan fingerprint density at radius 2 is 1.75 bits per heavy atom. The number of hydrogen-bond donors (Lipinski definition) is 0. The highest BCUT2D eigenvalue weighted by Gasteiger charge is 2.18. The zero-order valence-corrected chi connectivity index (χ0v) is 7.62. The second kappa shape index (κ2) is 5.85. The van der Waals surface area contributed by atoms with Crippen molar-refractivity contribution in [1.29, 1.82) is 0 Å². The monoisotopic (exact) mass is 174 g/mol. The quantitative estimate of drug-likeness (QED) is 0.435. The van der Waals surface area contributed by atoms with Gasteiger partial charge in [-0.3, -0.25) is 9.59 Å². The van der Waals surface area contributed by atoms with Crippen LogP contribution >= 0.6 is 0 Å². The molecule has 0 aliphatic heterocycles. The van der Waals surface area contributed by atoms with Crippen molar-refractivity contribution in [3.8, 4) is 0 Å². The fourth-order valence-corrected chi connectivity index (χ4v) is 0.762. The van der Waals surface area contributed by atoms with Crippen LogP contribution in [0.5, 0.6) is 0 Å². The van der Waals surface area contributed by atoms with Gasteiger partial charge < -0.3 is 9.47 Å². The van der Waals surface area contributed by atoms with Gasteiger partial charge in [-0.05, 0) is 0 Å². The Hall–Kier alpha value is -0.740. The first kappa shape index (κ1) is 11.3. The van der Waals surface area contributed by atoms with Crippen LogP contribution < -0.4 is 0 Å². The highest BCUT2D eigenvalue weighted by Crippen LogP contribution is 1.99. The van der Waals surface area contributed by atoms with E-state index in [4.69, 9.17) is 0 Å². The van der Waals surface area contributed by atoms with Crippen molar-refractivity contribution in [2.24, 2.45) is 0 Å². The minimum Gasteiger partial charge on any atom is -0.349 e. The molecule has 4 nitrogen and oxygen atoms in total. The minimum atomic E-state index is -0.902. The van der Waals surface area contributed by atoms with E-state index < -0.39 is 6.29 Å². The molecular weight excluding hydrogens is 160 g/mol. The summed E-state index contributed by atoms with van der Waals surface area (Å²) in [7, 11) is 2.73. The van der Waals surface area contributed by atoms with Gasteiger partial charge in [-0.25, -0.2) is 0 Å². The summed E-state index contributed by atoms with van der Waals surface area (Å²) in [6.07, 6.45) is -0.644. The van der Waals surface area contributed by atoms with E-state index in [2.05, 4.69) is 9.47 Å². The van der Waals surface area contributed by atoms with Crippen molar-refractivity contribution in [2.45, 2.75) is 26.1 Å². The zero-order valence-electron chi connectivity index (χ0n) is 7.62. The summed E-state index contributed by atoms with van der Waals surface area (Å²) >= 11 is 0. The molecule has 0 aliphatic carbocycles. The van der Waals surface area contributed by atoms with E-state index in [1.165, 1.54) is 14.2 Å². The highest BCUT2D eigenvalue weighted by molar-refractivity contribution is 6.00. The Morgan fingerprint density at radius 1 is 1.25 bits per heavy atom. The predicted molar refractivity (Wildman–Crippen MR) is 42.7 cm³/mol. The maximum atomic E-state index is 11.1. The Balaban J connectivity index is 3.92. The van der Waals surface area contributed by atoms with Crippen molar-refractivity contribution in [3.63, 3.8) is 0 Å². The van der Waals surface area contributed by atoms with Gasteiger partial charge in [-0.1, -0.05) is 6.92 Å². The number of methoxy groups -OCH3 is 2. The lowest BCUT2D eigenvalue weighted by molar-refractivity contribution is -0.157. The lowest BCUT2D eigenvalue weighted by Crippen LogP contribution is -2.26. The number of rotatable bonds is 6. The lowest BCUT2D eigenvalue weighted by atomic mass is 10.1. The van der Waals surface area contributed by atoms with Crippen LogP contribution in [-0.2, 0) is 19.1 Å². The third-order valence-electron chi connectivity index (χ3n) is 1.46. The molecule has 12 heavy (non-hydrogen) atoms. The minimum absolute atomic E-state index is 0.0981. The first-order valence-electron chi connectivity index (χ1n) is 3.75. The average molecular weight is 174 g/mol. The molecule has 70 valence electrons. The number of hydrogen-bond acceptors (Lipinski definition) is 4. The molecule has 0 N–H and O–H groups in total. The van der Waals surface area contributed by atoms with Gasteiger partial charge in [-0.15, -0.1) is 0 Å². The van der Waals surface area contributed by atoms with E-state index in [9.17, 15) is 9.59 Å². The smallest absolute Gasteiger partial charge is 0.217 e. The van der Waals surface area contributed by atoms with Gasteiger partial charge in [0.25, 0.3) is 0 Å². The third-order valence-corrected chi connectivity index (χ3v) is 1.46. The lowest BCUT2D eigenvalue weighted by Gasteiger charge is -2.10. The van der Waals surface area contributed by atoms with Gasteiger partial charge in [0, 0.05) is 20.6 Å². The number of carbonyl (C=O) groups is 2. The van der Waals surface area contributed by atoms with Crippen LogP contribution in [-0.4, -0.2) is 32.1 Å². The van der Waals surface area contributed by atoms with E-state index in [0.29, 0.717) is 6.42 Å². The molecule has 0 fully saturated rings. The summed E-state index contributed by atoms with van der Waals surface area (Å²) in [5.41, 5.74) is 0. The van der Waals surface area contributed by atoms with Crippen LogP contribution in [0.3, 0.4) is 0 Å². The molecule has 0 spiro atoms. The van der Waals surface area contributed by atoms with Crippen molar-refractivity contribution in [2.75, 3.05) is 14.2 Å². The van der Waals surface area contributed by atoms with E-state index in [-0.39, 0.29) is 18.0 Å². The zero-order chi connectivity index (χ0) is 9.56. The summed E-state index contributed by atoms with van der Waals surface area (Å²) in [6.45, 7) is 1.71. The van der Waals surface area contributed by atoms with Gasteiger partial charge in [0.1, 0.15) is 5.78 Å². The van der Waals surface area contributed by atoms with Gasteiger partial charge in [0.2, 0.25) is 6.29 Å². The first-order valence-corrected chi connectivity index (χ1v) is 3.75. The van der Waals surface area contributed by atoms with Gasteiger partial charge in [-0.2, -0.15) is 0 Å². The number of carbonyl (C=O) groups excluding carboxylic acids is 2. The van der Waals surface area contributed by atoms with Crippen molar-refractivity contribution in [3.05, 3.63) is 0 Å². The van der Waals surface area contributed by atoms with E-state index >= 15 is 0 Å². The Bertz CT molecular complexity index is 160. The molecule has 0 unspecified atom stereocenters. The molecule has 0 rings (SSSR count). The first-order chi connectivity index (χ1) is 5.65. The van der Waals surface area contributed by atoms with E-state index in [1.54, 1.807) is 6.92 Å². The fourth-order valence-electron chi connectivity index (χ4n) is 0.762. The van der Waals surface area contributed by atoms with Crippen LogP contribution in [0.4, 0.5) is 0 Å². The van der Waals surface area contributed by atoms with E-state index in [0.717, 1.165) is 0 Å². The van der Waals surface area contributed by atoms with Gasteiger partial charge in [0.15, 0.2) is 5.78 Å². The molecule has 0 aliphatic rings. The number of ether oxygens (including phenoxy) is 2. The highest BCUT2D eigenvalue weighted by atomic mass is 16.7. The van der Waals surface area contributed by atoms with Crippen LogP contribution in [0.1, 0.15) is 19.8 Å². The molecule has 0 amide bonds. The molecule has 0 bridgehead atoms. The fraction of sp³-hybridized carbons (Fsp3) is 0.750. The molecule has 0 atom stereocenters. The number of Topliss-reactive ketones (excluding diaryl/α,β-unsaturated/α-hetero) is 2. The second-order valence-corrected chi connectivity index (χ2v) is 2.34. The molecule has 0 radical (unpaired) electrons. The Labute approximate surface area is 71.8 Å². The average Bonchev–Trinajstić information content (AvgIpc) is 2.06. The molecule has 0 saturated heterocycles. The second-order valence-electron chi connectivity index (χ2n) is 2.34. The van der Waals surface area contributed by atoms with Crippen LogP contribution in [0, 0.1) is 0 Å². The molecule has 0 heterocycles. The Kier molecular flexibility index (Phi) is 5.49. The summed E-state index contributed by atoms with van der Waals surface area (Å²) in [6, 6.07) is 0. The topological polar surface area (TPSA) is 52.6 Å². The largest absolute Gasteiger partial charge is 0.349 e. The summed E-state index contributed by atoms with van der Waals surface area (Å²) < 4.78 is 9.37. The standard InChI is InChI=1S/C8H14O4/c1-4-6(9)5-7(10)8(11-2)12-3/h8H,4-5H2,1-3H3.